The molecule has 0 unspecified atom stereocenters. The van der Waals surface area contributed by atoms with Crippen LogP contribution >= 0.6 is 0 Å². The molecule has 0 bridgehead atoms. The predicted octanol–water partition coefficient (Wildman–Crippen LogP) is 3.42. The summed E-state index contributed by atoms with van der Waals surface area (Å²) in [7, 11) is 0. The number of hydrogen-bond donors (Lipinski definition) is 2. The van der Waals surface area contributed by atoms with Crippen LogP contribution in [0.1, 0.15) is 43.8 Å². The molecular formula is C23H20N2O4. The Balaban J connectivity index is 1.82. The zero-order valence-electron chi connectivity index (χ0n) is 15.9. The molecule has 29 heavy (non-hydrogen) atoms. The normalized spacial score (nSPS) is 12.9. The molecule has 1 aliphatic heterocycles. The molecule has 6 heteroatoms. The van der Waals surface area contributed by atoms with Crippen molar-refractivity contribution in [3.8, 4) is 22.6 Å². The van der Waals surface area contributed by atoms with E-state index in [2.05, 4.69) is 4.98 Å². The standard InChI is InChI=1S/C23H20N2O4/c1-13-10-17-19(26)7-9-29-22(17)20(21(13)27)18-12-25-8-6-16(18)11-14-2-4-15(5-3-14)23(24)28/h2-6,8,10,12,27H,7,9,11H2,1H3,(H2,24,28). The van der Waals surface area contributed by atoms with Gasteiger partial charge in [0, 0.05) is 29.9 Å². The summed E-state index contributed by atoms with van der Waals surface area (Å²) < 4.78 is 5.80. The van der Waals surface area contributed by atoms with E-state index in [1.54, 1.807) is 37.5 Å². The van der Waals surface area contributed by atoms with Crippen molar-refractivity contribution >= 4 is 11.7 Å². The first kappa shape index (κ1) is 18.7. The lowest BCUT2D eigenvalue weighted by Crippen LogP contribution is -2.16. The van der Waals surface area contributed by atoms with Gasteiger partial charge in [-0.05, 0) is 54.3 Å². The van der Waals surface area contributed by atoms with Crippen LogP contribution in [0.5, 0.6) is 11.5 Å². The van der Waals surface area contributed by atoms with E-state index in [4.69, 9.17) is 10.5 Å². The van der Waals surface area contributed by atoms with Crippen LogP contribution in [-0.4, -0.2) is 28.4 Å². The van der Waals surface area contributed by atoms with Crippen molar-refractivity contribution in [3.63, 3.8) is 0 Å². The van der Waals surface area contributed by atoms with Crippen molar-refractivity contribution in [2.45, 2.75) is 19.8 Å². The molecular weight excluding hydrogens is 368 g/mol. The van der Waals surface area contributed by atoms with Crippen LogP contribution in [0.4, 0.5) is 0 Å². The first-order valence-corrected chi connectivity index (χ1v) is 9.30. The first-order chi connectivity index (χ1) is 14.0. The van der Waals surface area contributed by atoms with Gasteiger partial charge in [-0.25, -0.2) is 0 Å². The van der Waals surface area contributed by atoms with Gasteiger partial charge in [-0.1, -0.05) is 12.1 Å². The predicted molar refractivity (Wildman–Crippen MR) is 108 cm³/mol. The van der Waals surface area contributed by atoms with Crippen LogP contribution < -0.4 is 10.5 Å². The number of benzene rings is 2. The number of aryl methyl sites for hydroxylation is 1. The minimum absolute atomic E-state index is 0.00285. The Morgan fingerprint density at radius 3 is 2.69 bits per heavy atom. The summed E-state index contributed by atoms with van der Waals surface area (Å²) >= 11 is 0. The summed E-state index contributed by atoms with van der Waals surface area (Å²) in [5.74, 6) is 0.0156. The number of Topliss-reactive ketones (excluding diaryl/α,β-unsaturated/α-hetero) is 1. The van der Waals surface area contributed by atoms with Crippen molar-refractivity contribution in [2.24, 2.45) is 5.73 Å². The van der Waals surface area contributed by atoms with E-state index in [1.165, 1.54) is 0 Å². The lowest BCUT2D eigenvalue weighted by Gasteiger charge is -2.23. The van der Waals surface area contributed by atoms with Crippen molar-refractivity contribution < 1.29 is 19.4 Å². The Kier molecular flexibility index (Phi) is 4.76. The summed E-state index contributed by atoms with van der Waals surface area (Å²) in [5.41, 5.74) is 9.93. The molecule has 2 heterocycles. The number of phenolic OH excluding ortho intramolecular Hbond substituents is 1. The number of carbonyl (C=O) groups excluding carboxylic acids is 2. The smallest absolute Gasteiger partial charge is 0.248 e. The highest BCUT2D eigenvalue weighted by molar-refractivity contribution is 6.03. The number of carbonyl (C=O) groups is 2. The summed E-state index contributed by atoms with van der Waals surface area (Å²) in [6.45, 7) is 2.05. The highest BCUT2D eigenvalue weighted by atomic mass is 16.5. The number of ketones is 1. The minimum atomic E-state index is -0.473. The highest BCUT2D eigenvalue weighted by Gasteiger charge is 2.27. The van der Waals surface area contributed by atoms with Gasteiger partial charge >= 0.3 is 0 Å². The number of aromatic hydroxyl groups is 1. The highest BCUT2D eigenvalue weighted by Crippen LogP contribution is 2.45. The molecule has 4 rings (SSSR count). The minimum Gasteiger partial charge on any atom is -0.507 e. The summed E-state index contributed by atoms with van der Waals surface area (Å²) in [6.07, 6.45) is 4.22. The van der Waals surface area contributed by atoms with E-state index in [-0.39, 0.29) is 18.1 Å². The summed E-state index contributed by atoms with van der Waals surface area (Å²) in [6, 6.07) is 10.6. The Morgan fingerprint density at radius 2 is 1.97 bits per heavy atom. The van der Waals surface area contributed by atoms with Crippen LogP contribution in [-0.2, 0) is 6.42 Å². The first-order valence-electron chi connectivity index (χ1n) is 9.30. The van der Waals surface area contributed by atoms with Crippen molar-refractivity contribution in [1.29, 1.82) is 0 Å². The molecule has 0 radical (unpaired) electrons. The third kappa shape index (κ3) is 3.45. The van der Waals surface area contributed by atoms with Gasteiger partial charge in [-0.15, -0.1) is 0 Å². The number of fused-ring (bicyclic) bond motifs is 1. The summed E-state index contributed by atoms with van der Waals surface area (Å²) in [5, 5.41) is 10.8. The second-order valence-corrected chi connectivity index (χ2v) is 7.09. The zero-order valence-corrected chi connectivity index (χ0v) is 15.9. The maximum atomic E-state index is 12.4. The second-order valence-electron chi connectivity index (χ2n) is 7.09. The van der Waals surface area contributed by atoms with Gasteiger partial charge in [0.2, 0.25) is 5.91 Å². The van der Waals surface area contributed by atoms with Gasteiger partial charge in [0.25, 0.3) is 0 Å². The van der Waals surface area contributed by atoms with Gasteiger partial charge in [0.1, 0.15) is 11.5 Å². The quantitative estimate of drug-likeness (QED) is 0.713. The van der Waals surface area contributed by atoms with E-state index in [0.717, 1.165) is 11.1 Å². The lowest BCUT2D eigenvalue weighted by molar-refractivity contribution is 0.0932. The van der Waals surface area contributed by atoms with Gasteiger partial charge in [0.05, 0.1) is 17.7 Å². The molecule has 1 aromatic heterocycles. The molecule has 146 valence electrons. The molecule has 0 saturated carbocycles. The van der Waals surface area contributed by atoms with E-state index in [0.29, 0.717) is 46.4 Å². The number of aromatic nitrogens is 1. The number of hydrogen-bond acceptors (Lipinski definition) is 5. The van der Waals surface area contributed by atoms with Crippen LogP contribution in [0.25, 0.3) is 11.1 Å². The maximum Gasteiger partial charge on any atom is 0.248 e. The molecule has 6 nitrogen and oxygen atoms in total. The Bertz CT molecular complexity index is 1120. The lowest BCUT2D eigenvalue weighted by atomic mass is 9.90. The molecule has 1 amide bonds. The van der Waals surface area contributed by atoms with Gasteiger partial charge in [-0.3, -0.25) is 14.6 Å². The van der Waals surface area contributed by atoms with Crippen molar-refractivity contribution in [1.82, 2.24) is 4.98 Å². The molecule has 0 aliphatic carbocycles. The third-order valence-corrected chi connectivity index (χ3v) is 5.13. The average molecular weight is 388 g/mol. The molecule has 0 atom stereocenters. The molecule has 3 N–H and O–H groups in total. The number of phenols is 1. The van der Waals surface area contributed by atoms with Crippen LogP contribution in [0.15, 0.2) is 48.8 Å². The van der Waals surface area contributed by atoms with Crippen molar-refractivity contribution in [3.05, 3.63) is 76.6 Å². The average Bonchev–Trinajstić information content (AvgIpc) is 2.71. The van der Waals surface area contributed by atoms with Crippen LogP contribution in [0, 0.1) is 6.92 Å². The molecule has 0 saturated heterocycles. The molecule has 3 aromatic rings. The van der Waals surface area contributed by atoms with Gasteiger partial charge in [-0.2, -0.15) is 0 Å². The van der Waals surface area contributed by atoms with Crippen molar-refractivity contribution in [2.75, 3.05) is 6.61 Å². The molecule has 2 aromatic carbocycles. The Morgan fingerprint density at radius 1 is 1.21 bits per heavy atom. The van der Waals surface area contributed by atoms with Crippen LogP contribution in [0.3, 0.4) is 0 Å². The zero-order chi connectivity index (χ0) is 20.5. The van der Waals surface area contributed by atoms with E-state index < -0.39 is 5.91 Å². The third-order valence-electron chi connectivity index (χ3n) is 5.13. The number of nitrogens with two attached hydrogens (primary N) is 1. The molecule has 1 aliphatic rings. The molecule has 0 spiro atoms. The fourth-order valence-electron chi connectivity index (χ4n) is 3.59. The topological polar surface area (TPSA) is 103 Å². The number of nitrogens with zero attached hydrogens (tertiary/aromatic N) is 1. The number of pyridine rings is 1. The summed E-state index contributed by atoms with van der Waals surface area (Å²) in [4.78, 5) is 27.9. The Hall–Kier alpha value is -3.67. The van der Waals surface area contributed by atoms with Gasteiger partial charge < -0.3 is 15.6 Å². The fraction of sp³-hybridized carbons (Fsp3) is 0.174. The SMILES string of the molecule is Cc1cc2c(c(-c3cnccc3Cc3ccc(C(N)=O)cc3)c1O)OCCC2=O. The van der Waals surface area contributed by atoms with E-state index in [9.17, 15) is 14.7 Å². The number of rotatable bonds is 4. The van der Waals surface area contributed by atoms with E-state index >= 15 is 0 Å². The van der Waals surface area contributed by atoms with Gasteiger partial charge in [0.15, 0.2) is 5.78 Å². The largest absolute Gasteiger partial charge is 0.507 e. The second kappa shape index (κ2) is 7.39. The molecule has 0 fully saturated rings. The maximum absolute atomic E-state index is 12.4. The number of amides is 1. The number of primary amides is 1. The monoisotopic (exact) mass is 388 g/mol. The Labute approximate surface area is 168 Å². The van der Waals surface area contributed by atoms with Crippen LogP contribution in [0.2, 0.25) is 0 Å². The van der Waals surface area contributed by atoms with E-state index in [1.807, 2.05) is 18.2 Å². The fourth-order valence-corrected chi connectivity index (χ4v) is 3.59. The number of ether oxygens (including phenoxy) is 1.